The van der Waals surface area contributed by atoms with Crippen molar-refractivity contribution >= 4 is 143 Å². The summed E-state index contributed by atoms with van der Waals surface area (Å²) in [6.45, 7) is 4.87. The summed E-state index contributed by atoms with van der Waals surface area (Å²) in [6, 6.07) is 13.0. The molecule has 0 spiro atoms. The van der Waals surface area contributed by atoms with Crippen molar-refractivity contribution in [3.8, 4) is 43.4 Å². The highest BCUT2D eigenvalue weighted by Crippen LogP contribution is 2.41. The molecule has 24 nitrogen and oxygen atoms in total. The van der Waals surface area contributed by atoms with Gasteiger partial charge < -0.3 is 42.1 Å². The molecule has 450 valence electrons. The first-order chi connectivity index (χ1) is 42.5. The highest BCUT2D eigenvalue weighted by Gasteiger charge is 2.33. The third-order valence-electron chi connectivity index (χ3n) is 13.3. The van der Waals surface area contributed by atoms with E-state index < -0.39 is 72.2 Å². The molecule has 88 heavy (non-hydrogen) atoms. The molecular formula is C56H49N15O9S8. The minimum absolute atomic E-state index is 0.00467. The number of carboxylic acid groups (broad SMARTS) is 1. The lowest BCUT2D eigenvalue weighted by Crippen LogP contribution is -2.40. The van der Waals surface area contributed by atoms with Crippen molar-refractivity contribution in [3.05, 3.63) is 135 Å². The van der Waals surface area contributed by atoms with Gasteiger partial charge in [0, 0.05) is 62.4 Å². The van der Waals surface area contributed by atoms with Crippen molar-refractivity contribution in [1.29, 1.82) is 0 Å². The Morgan fingerprint density at radius 3 is 2.23 bits per heavy atom. The van der Waals surface area contributed by atoms with E-state index >= 15 is 0 Å². The van der Waals surface area contributed by atoms with Gasteiger partial charge in [-0.25, -0.2) is 44.9 Å². The van der Waals surface area contributed by atoms with E-state index in [1.807, 2.05) is 19.9 Å². The number of nitrogens with zero attached hydrogens (tertiary/aromatic N) is 9. The van der Waals surface area contributed by atoms with Gasteiger partial charge in [0.1, 0.15) is 92.4 Å². The van der Waals surface area contributed by atoms with Gasteiger partial charge in [-0.05, 0) is 42.7 Å². The molecule has 10 heterocycles. The van der Waals surface area contributed by atoms with E-state index in [4.69, 9.17) is 40.0 Å². The van der Waals surface area contributed by atoms with Gasteiger partial charge in [-0.15, -0.1) is 68.0 Å². The number of amides is 6. The Morgan fingerprint density at radius 2 is 1.44 bits per heavy atom. The van der Waals surface area contributed by atoms with E-state index in [-0.39, 0.29) is 58.8 Å². The van der Waals surface area contributed by atoms with Crippen LogP contribution in [0.25, 0.3) is 53.7 Å². The molecule has 10 aromatic rings. The van der Waals surface area contributed by atoms with E-state index in [0.717, 1.165) is 44.4 Å². The van der Waals surface area contributed by atoms with Crippen LogP contribution in [0.4, 0.5) is 0 Å². The second-order valence-electron chi connectivity index (χ2n) is 19.7. The number of aryl methyl sites for hydroxylation is 1. The number of nitrogens with one attached hydrogen (secondary N) is 6. The Kier molecular flexibility index (Phi) is 18.9. The fraction of sp³-hybridized carbons (Fsp3) is 0.250. The van der Waals surface area contributed by atoms with Crippen LogP contribution in [0, 0.1) is 12.8 Å². The second kappa shape index (κ2) is 27.0. The van der Waals surface area contributed by atoms with E-state index in [9.17, 15) is 38.7 Å². The number of pyridine rings is 2. The summed E-state index contributed by atoms with van der Waals surface area (Å²) in [5, 5.41) is 46.7. The Bertz CT molecular complexity index is 4250. The van der Waals surface area contributed by atoms with E-state index in [2.05, 4.69) is 41.9 Å². The number of carboxylic acids is 1. The average Bonchev–Trinajstić information content (AvgIpc) is 4.33. The molecular weight excluding hydrogens is 1280 g/mol. The van der Waals surface area contributed by atoms with Gasteiger partial charge in [0.2, 0.25) is 11.8 Å². The molecule has 32 heteroatoms. The number of benzene rings is 1. The third kappa shape index (κ3) is 13.9. The summed E-state index contributed by atoms with van der Waals surface area (Å²) in [7, 11) is 1.47. The first-order valence-electron chi connectivity index (χ1n) is 26.8. The first-order valence-corrected chi connectivity index (χ1v) is 33.7. The van der Waals surface area contributed by atoms with Crippen molar-refractivity contribution in [2.45, 2.75) is 67.9 Å². The number of hydrogen-bond donors (Lipinski definition) is 8. The number of rotatable bonds is 13. The lowest BCUT2D eigenvalue weighted by atomic mass is 10.0. The molecule has 0 saturated carbocycles. The summed E-state index contributed by atoms with van der Waals surface area (Å²) >= 11 is 9.87. The minimum Gasteiger partial charge on any atom is -0.481 e. The summed E-state index contributed by atoms with van der Waals surface area (Å²) in [4.78, 5) is 139. The molecule has 9 aromatic heterocycles. The maximum Gasteiger partial charge on any atom is 0.305 e. The van der Waals surface area contributed by atoms with E-state index in [1.54, 1.807) is 77.8 Å². The van der Waals surface area contributed by atoms with Crippen molar-refractivity contribution in [1.82, 2.24) is 76.8 Å². The quantitative estimate of drug-likeness (QED) is 0.0500. The van der Waals surface area contributed by atoms with E-state index in [1.165, 1.54) is 69.5 Å². The zero-order valence-corrected chi connectivity index (χ0v) is 53.1. The highest BCUT2D eigenvalue weighted by atomic mass is 32.2. The molecule has 10 bridgehead atoms. The minimum atomic E-state index is -1.30. The smallest absolute Gasteiger partial charge is 0.305 e. The number of thiazole rings is 7. The molecule has 4 atom stereocenters. The van der Waals surface area contributed by atoms with Gasteiger partial charge in [-0.2, -0.15) is 0 Å². The summed E-state index contributed by atoms with van der Waals surface area (Å²) < 4.78 is 0.702. The summed E-state index contributed by atoms with van der Waals surface area (Å²) in [5.41, 5.74) is 3.29. The van der Waals surface area contributed by atoms with Crippen LogP contribution in [-0.4, -0.2) is 117 Å². The van der Waals surface area contributed by atoms with Gasteiger partial charge in [-0.1, -0.05) is 67.3 Å². The molecule has 0 fully saturated rings. The number of carbonyl (C=O) groups excluding carboxylic acids is 6. The van der Waals surface area contributed by atoms with Crippen LogP contribution < -0.4 is 31.9 Å². The van der Waals surface area contributed by atoms with Crippen LogP contribution in [0.1, 0.15) is 123 Å². The number of fused-ring (bicyclic) bond motifs is 15. The first kappa shape index (κ1) is 61.4. The van der Waals surface area contributed by atoms with Gasteiger partial charge in [0.25, 0.3) is 23.6 Å². The van der Waals surface area contributed by atoms with Gasteiger partial charge in [0.05, 0.1) is 37.2 Å². The molecule has 1 aliphatic heterocycles. The Labute approximate surface area is 532 Å². The van der Waals surface area contributed by atoms with Crippen molar-refractivity contribution in [2.24, 2.45) is 5.92 Å². The molecule has 11 rings (SSSR count). The number of aliphatic hydroxyl groups is 1. The fourth-order valence-corrected chi connectivity index (χ4v) is 16.5. The van der Waals surface area contributed by atoms with E-state index in [0.29, 0.717) is 73.0 Å². The number of aliphatic hydroxyl groups excluding tert-OH is 1. The molecule has 0 radical (unpaired) electrons. The number of hydrogen-bond acceptors (Lipinski definition) is 25. The number of carbonyl (C=O) groups is 7. The molecule has 0 aliphatic carbocycles. The molecule has 4 unspecified atom stereocenters. The fourth-order valence-electron chi connectivity index (χ4n) is 8.87. The summed E-state index contributed by atoms with van der Waals surface area (Å²) in [5.74, 6) is -4.58. The Morgan fingerprint density at radius 1 is 0.693 bits per heavy atom. The number of aliphatic carboxylic acids is 1. The van der Waals surface area contributed by atoms with Gasteiger partial charge >= 0.3 is 5.97 Å². The lowest BCUT2D eigenvalue weighted by molar-refractivity contribution is -0.136. The monoisotopic (exact) mass is 1330 g/mol. The maximum absolute atomic E-state index is 14.5. The average molecular weight is 1330 g/mol. The molecule has 6 amide bonds. The Hall–Kier alpha value is -8.21. The van der Waals surface area contributed by atoms with Crippen molar-refractivity contribution in [3.63, 3.8) is 0 Å². The van der Waals surface area contributed by atoms with Crippen LogP contribution in [0.2, 0.25) is 0 Å². The van der Waals surface area contributed by atoms with Crippen LogP contribution in [-0.2, 0) is 20.1 Å². The van der Waals surface area contributed by atoms with Gasteiger partial charge in [-0.3, -0.25) is 33.6 Å². The van der Waals surface area contributed by atoms with Crippen LogP contribution >= 0.6 is 91.1 Å². The zero-order chi connectivity index (χ0) is 61.8. The van der Waals surface area contributed by atoms with Crippen LogP contribution in [0.5, 0.6) is 0 Å². The normalized spacial score (nSPS) is 16.1. The predicted molar refractivity (Wildman–Crippen MR) is 338 cm³/mol. The van der Waals surface area contributed by atoms with Crippen LogP contribution in [0.15, 0.2) is 86.7 Å². The summed E-state index contributed by atoms with van der Waals surface area (Å²) in [6.07, 6.45) is -0.121. The largest absolute Gasteiger partial charge is 0.481 e. The molecule has 1 aromatic carbocycles. The number of aromatic nitrogens is 9. The van der Waals surface area contributed by atoms with Crippen molar-refractivity contribution in [2.75, 3.05) is 20.1 Å². The van der Waals surface area contributed by atoms with Crippen LogP contribution in [0.3, 0.4) is 0 Å². The molecule has 0 saturated heterocycles. The molecule has 1 aliphatic rings. The predicted octanol–water partition coefficient (Wildman–Crippen LogP) is 8.67. The third-order valence-corrected chi connectivity index (χ3v) is 21.4. The van der Waals surface area contributed by atoms with Gasteiger partial charge in [0.15, 0.2) is 4.34 Å². The van der Waals surface area contributed by atoms with Crippen molar-refractivity contribution < 1.29 is 43.8 Å². The SMILES string of the molecule is CNC(=O)CC1NC(=O)c2csc(n2)-c2ccc(-c3nc(C(=O)NCCC(=O)O)cs3)nc2-c2csc(n2)-c2csc(n2)C(C(O)c2ccccc2)NC(=O)CNC(=O)c2nc(sc2CSc2nc3cccnc3s2)C(C(C)C)NC(=O)c2nc1sc2C. The maximum atomic E-state index is 14.5. The Balaban J connectivity index is 0.977. The topological polar surface area (TPSA) is 348 Å². The number of thioether (sulfide) groups is 1. The second-order valence-corrected chi connectivity index (χ2v) is 27.7. The zero-order valence-electron chi connectivity index (χ0n) is 46.5. The standard InChI is InChI=1S/C56H49N15O9S8/c1-24(2)39-55-71-42(35(87-55)23-85-56-67-28-11-8-15-59-50(28)88-56)47(79)60-18-37(73)68-43(44(76)26-9-6-5-7-10-26)54-66-34(22-84-54)52-63-31(19-82-52)41-27(12-13-29(61-41)51-65-32(20-83-51)45(77)58-16-14-38(74)75)49-64-33(21-81-49)46(78)62-30(17-36(72)57-4)53-70-40(25(3)86-53)48(80)69-39/h5-13,15,19-22,24,30,39,43-44,76H,14,16-18,23H2,1-4H3,(H,57,72)(H,58,77)(H,60,79)(H,62,78)(H,68,73)(H,69,80)(H,74,75). The molecule has 8 N–H and O–H groups in total. The highest BCUT2D eigenvalue weighted by molar-refractivity contribution is 8.00. The lowest BCUT2D eigenvalue weighted by Gasteiger charge is -2.23.